The molecule has 1 amide bonds. The second-order valence-electron chi connectivity index (χ2n) is 13.9. The molecule has 2 atom stereocenters. The van der Waals surface area contributed by atoms with Gasteiger partial charge in [-0.25, -0.2) is 4.79 Å². The van der Waals surface area contributed by atoms with Gasteiger partial charge in [0.15, 0.2) is 0 Å². The number of rotatable bonds is 8. The van der Waals surface area contributed by atoms with Crippen molar-refractivity contribution in [1.82, 2.24) is 4.90 Å². The molecule has 2 fully saturated rings. The quantitative estimate of drug-likeness (QED) is 0.274. The number of esters is 1. The number of ether oxygens (including phenoxy) is 3. The number of nitrogens with zero attached hydrogens (tertiary/aromatic N) is 1. The van der Waals surface area contributed by atoms with E-state index in [1.165, 1.54) is 7.11 Å². The van der Waals surface area contributed by atoms with Crippen LogP contribution >= 0.6 is 0 Å². The lowest BCUT2D eigenvalue weighted by molar-refractivity contribution is -0.152. The van der Waals surface area contributed by atoms with Crippen LogP contribution in [-0.4, -0.2) is 43.8 Å². The van der Waals surface area contributed by atoms with Crippen LogP contribution in [0.1, 0.15) is 99.6 Å². The Morgan fingerprint density at radius 3 is 2.42 bits per heavy atom. The summed E-state index contributed by atoms with van der Waals surface area (Å²) in [5.41, 5.74) is 3.66. The molecule has 0 unspecified atom stereocenters. The highest BCUT2D eigenvalue weighted by molar-refractivity contribution is 5.79. The van der Waals surface area contributed by atoms with Crippen molar-refractivity contribution in [2.24, 2.45) is 10.8 Å². The van der Waals surface area contributed by atoms with Crippen molar-refractivity contribution in [3.05, 3.63) is 69.8 Å². The lowest BCUT2D eigenvalue weighted by Crippen LogP contribution is -2.35. The molecule has 2 aromatic carbocycles. The van der Waals surface area contributed by atoms with Crippen molar-refractivity contribution in [3.63, 3.8) is 0 Å². The Balaban J connectivity index is 1.50. The van der Waals surface area contributed by atoms with Crippen molar-refractivity contribution in [2.75, 3.05) is 20.8 Å². The molecule has 1 heterocycles. The first-order chi connectivity index (χ1) is 21.2. The number of benzene rings is 2. The number of amides is 1. The molecule has 0 bridgehead atoms. The van der Waals surface area contributed by atoms with Crippen molar-refractivity contribution in [3.8, 4) is 5.75 Å². The monoisotopic (exact) mass is 627 g/mol. The molecule has 1 saturated heterocycles. The van der Waals surface area contributed by atoms with Gasteiger partial charge in [-0.05, 0) is 104 Å². The largest absolute Gasteiger partial charge is 0.496 e. The van der Waals surface area contributed by atoms with Gasteiger partial charge in [0.2, 0.25) is 0 Å². The lowest BCUT2D eigenvalue weighted by atomic mass is 9.72. The van der Waals surface area contributed by atoms with Gasteiger partial charge < -0.3 is 14.2 Å². The molecule has 5 rings (SSSR count). The smallest absolute Gasteiger partial charge is 0.416 e. The summed E-state index contributed by atoms with van der Waals surface area (Å²) in [6.07, 6.45) is 0.759. The summed E-state index contributed by atoms with van der Waals surface area (Å²) in [7, 11) is 3.09. The van der Waals surface area contributed by atoms with Crippen molar-refractivity contribution in [2.45, 2.75) is 97.4 Å². The summed E-state index contributed by atoms with van der Waals surface area (Å²) in [5.74, 6) is 0.558. The first-order valence-corrected chi connectivity index (χ1v) is 15.8. The van der Waals surface area contributed by atoms with Crippen LogP contribution in [0.5, 0.6) is 5.75 Å². The van der Waals surface area contributed by atoms with E-state index < -0.39 is 35.4 Å². The zero-order valence-corrected chi connectivity index (χ0v) is 27.1. The summed E-state index contributed by atoms with van der Waals surface area (Å²) in [6.45, 7) is 8.15. The molecule has 6 nitrogen and oxygen atoms in total. The molecule has 1 saturated carbocycles. The summed E-state index contributed by atoms with van der Waals surface area (Å²) in [5, 5.41) is 0. The van der Waals surface area contributed by atoms with Gasteiger partial charge >= 0.3 is 18.2 Å². The van der Waals surface area contributed by atoms with Crippen LogP contribution in [0.2, 0.25) is 0 Å². The van der Waals surface area contributed by atoms with Crippen LogP contribution in [0.4, 0.5) is 18.0 Å². The minimum atomic E-state index is -4.50. The van der Waals surface area contributed by atoms with Crippen LogP contribution in [0, 0.1) is 17.8 Å². The average molecular weight is 628 g/mol. The number of hydrogen-bond acceptors (Lipinski definition) is 5. The Bertz CT molecular complexity index is 1490. The van der Waals surface area contributed by atoms with E-state index in [0.29, 0.717) is 24.1 Å². The highest BCUT2D eigenvalue weighted by atomic mass is 19.4. The molecular weight excluding hydrogens is 583 g/mol. The topological polar surface area (TPSA) is 65.1 Å². The standard InChI is InChI=1S/C36H44F3NO5/c1-22-15-25(18-27(16-22)36(37,38)39)31-23(2)40(33(42)45-31)21-26-20-34(3,4)14-11-28(26)29-17-24(9-10-30(29)43-5)19-35(32(41)44-6)12-7-8-13-35/h9-10,15-18,23,31H,7-8,11-14,19-21H2,1-6H3/t23-,31-/m0/s1. The molecule has 45 heavy (non-hydrogen) atoms. The number of methoxy groups -OCH3 is 2. The number of cyclic esters (lactones) is 1. The summed E-state index contributed by atoms with van der Waals surface area (Å²) in [4.78, 5) is 27.8. The van der Waals surface area contributed by atoms with Crippen LogP contribution in [0.15, 0.2) is 42.0 Å². The number of hydrogen-bond donors (Lipinski definition) is 0. The molecule has 0 spiro atoms. The van der Waals surface area contributed by atoms with Crippen molar-refractivity contribution in [1.29, 1.82) is 0 Å². The molecule has 0 aromatic heterocycles. The SMILES string of the molecule is COC(=O)C1(Cc2ccc(OC)c(C3=C(CN4C(=O)O[C@H](c5cc(C)cc(C(F)(F)F)c5)[C@@H]4C)CC(C)(C)CC3)c2)CCCC1. The minimum Gasteiger partial charge on any atom is -0.496 e. The van der Waals surface area contributed by atoms with Gasteiger partial charge in [-0.2, -0.15) is 13.2 Å². The van der Waals surface area contributed by atoms with E-state index in [-0.39, 0.29) is 11.4 Å². The summed E-state index contributed by atoms with van der Waals surface area (Å²) in [6, 6.07) is 9.45. The van der Waals surface area contributed by atoms with E-state index in [4.69, 9.17) is 14.2 Å². The van der Waals surface area contributed by atoms with Gasteiger partial charge in [-0.1, -0.05) is 44.4 Å². The number of allylic oxidation sites excluding steroid dienone is 1. The van der Waals surface area contributed by atoms with E-state index >= 15 is 0 Å². The normalized spacial score (nSPS) is 22.9. The predicted molar refractivity (Wildman–Crippen MR) is 166 cm³/mol. The Kier molecular flexibility index (Phi) is 9.04. The molecule has 1 aliphatic heterocycles. The lowest BCUT2D eigenvalue weighted by Gasteiger charge is -2.36. The van der Waals surface area contributed by atoms with E-state index in [9.17, 15) is 22.8 Å². The molecule has 3 aliphatic rings. The Hall–Kier alpha value is -3.49. The predicted octanol–water partition coefficient (Wildman–Crippen LogP) is 8.84. The van der Waals surface area contributed by atoms with E-state index in [2.05, 4.69) is 19.9 Å². The van der Waals surface area contributed by atoms with Gasteiger partial charge in [0.1, 0.15) is 11.9 Å². The van der Waals surface area contributed by atoms with Crippen LogP contribution in [-0.2, 0) is 26.9 Å². The molecule has 0 radical (unpaired) electrons. The van der Waals surface area contributed by atoms with Crippen LogP contribution < -0.4 is 4.74 Å². The second kappa shape index (κ2) is 12.4. The Morgan fingerprint density at radius 2 is 1.78 bits per heavy atom. The first kappa shape index (κ1) is 32.9. The maximum Gasteiger partial charge on any atom is 0.416 e. The zero-order chi connectivity index (χ0) is 32.7. The molecule has 2 aliphatic carbocycles. The molecule has 244 valence electrons. The molecule has 2 aromatic rings. The van der Waals surface area contributed by atoms with Gasteiger partial charge in [-0.15, -0.1) is 0 Å². The number of aryl methyl sites for hydroxylation is 1. The number of halogens is 3. The highest BCUT2D eigenvalue weighted by Gasteiger charge is 2.44. The van der Waals surface area contributed by atoms with E-state index in [1.807, 2.05) is 19.1 Å². The maximum atomic E-state index is 13.6. The molecular formula is C36H44F3NO5. The van der Waals surface area contributed by atoms with Gasteiger partial charge in [-0.3, -0.25) is 9.69 Å². The first-order valence-electron chi connectivity index (χ1n) is 15.8. The summed E-state index contributed by atoms with van der Waals surface area (Å²) >= 11 is 0. The number of carbonyl (C=O) groups excluding carboxylic acids is 2. The minimum absolute atomic E-state index is 0.00705. The second-order valence-corrected chi connectivity index (χ2v) is 13.9. The third-order valence-electron chi connectivity index (χ3n) is 9.99. The van der Waals surface area contributed by atoms with Gasteiger partial charge in [0.05, 0.1) is 31.2 Å². The fourth-order valence-corrected chi connectivity index (χ4v) is 7.61. The van der Waals surface area contributed by atoms with E-state index in [1.54, 1.807) is 25.0 Å². The average Bonchev–Trinajstić information content (AvgIpc) is 3.56. The molecule has 9 heteroatoms. The third kappa shape index (κ3) is 6.73. The van der Waals surface area contributed by atoms with Crippen LogP contribution in [0.3, 0.4) is 0 Å². The Labute approximate surface area is 263 Å². The van der Waals surface area contributed by atoms with E-state index in [0.717, 1.165) is 85.1 Å². The van der Waals surface area contributed by atoms with Gasteiger partial charge in [0, 0.05) is 12.1 Å². The highest BCUT2D eigenvalue weighted by Crippen LogP contribution is 2.47. The maximum absolute atomic E-state index is 13.6. The fourth-order valence-electron chi connectivity index (χ4n) is 7.61. The van der Waals surface area contributed by atoms with Crippen LogP contribution in [0.25, 0.3) is 5.57 Å². The number of carbonyl (C=O) groups is 2. The third-order valence-corrected chi connectivity index (χ3v) is 9.99. The van der Waals surface area contributed by atoms with Crippen molar-refractivity contribution < 1.29 is 37.0 Å². The van der Waals surface area contributed by atoms with Crippen molar-refractivity contribution >= 4 is 17.6 Å². The molecule has 0 N–H and O–H groups in total. The fraction of sp³-hybridized carbons (Fsp3) is 0.556. The van der Waals surface area contributed by atoms with Gasteiger partial charge in [0.25, 0.3) is 0 Å². The summed E-state index contributed by atoms with van der Waals surface area (Å²) < 4.78 is 57.6. The zero-order valence-electron chi connectivity index (χ0n) is 27.1. The Morgan fingerprint density at radius 1 is 1.07 bits per heavy atom. The number of alkyl halides is 3.